The highest BCUT2D eigenvalue weighted by molar-refractivity contribution is 7.92. The van der Waals surface area contributed by atoms with Crippen molar-refractivity contribution in [2.75, 3.05) is 17.4 Å². The SMILES string of the molecule is C[C@H](C(=O)NCc1ccc2c(c1)OCO2)N(c1ccc(Cl)c(Cl)c1)S(C)(=O)=O. The zero-order valence-corrected chi connectivity index (χ0v) is 17.4. The van der Waals surface area contributed by atoms with E-state index in [2.05, 4.69) is 5.32 Å². The van der Waals surface area contributed by atoms with E-state index in [1.54, 1.807) is 18.2 Å². The Morgan fingerprint density at radius 1 is 1.14 bits per heavy atom. The van der Waals surface area contributed by atoms with Gasteiger partial charge in [0.2, 0.25) is 22.7 Å². The molecule has 0 aliphatic carbocycles. The number of halogens is 2. The average Bonchev–Trinajstić information content (AvgIpc) is 3.09. The standard InChI is InChI=1S/C18H18Cl2N2O5S/c1-11(22(28(2,24)25)13-4-5-14(19)15(20)8-13)18(23)21-9-12-3-6-16-17(7-12)27-10-26-16/h3-8,11H,9-10H2,1-2H3,(H,21,23)/t11-/m1/s1. The summed E-state index contributed by atoms with van der Waals surface area (Å²) in [6.07, 6.45) is 1.02. The van der Waals surface area contributed by atoms with Crippen LogP contribution in [-0.2, 0) is 21.4 Å². The average molecular weight is 445 g/mol. The molecule has 0 bridgehead atoms. The molecule has 1 amide bonds. The number of hydrogen-bond acceptors (Lipinski definition) is 5. The van der Waals surface area contributed by atoms with Crippen LogP contribution in [-0.4, -0.2) is 33.4 Å². The number of nitrogens with one attached hydrogen (secondary N) is 1. The van der Waals surface area contributed by atoms with E-state index >= 15 is 0 Å². The molecule has 10 heteroatoms. The first-order chi connectivity index (χ1) is 13.2. The minimum Gasteiger partial charge on any atom is -0.454 e. The number of fused-ring (bicyclic) bond motifs is 1. The predicted octanol–water partition coefficient (Wildman–Crippen LogP) is 3.19. The molecule has 0 radical (unpaired) electrons. The molecule has 2 aromatic carbocycles. The molecule has 0 aromatic heterocycles. The molecule has 1 heterocycles. The van der Waals surface area contributed by atoms with Gasteiger partial charge in [-0.1, -0.05) is 29.3 Å². The number of carbonyl (C=O) groups is 1. The highest BCUT2D eigenvalue weighted by atomic mass is 35.5. The van der Waals surface area contributed by atoms with E-state index in [1.807, 2.05) is 0 Å². The van der Waals surface area contributed by atoms with Crippen LogP contribution in [0, 0.1) is 0 Å². The maximum Gasteiger partial charge on any atom is 0.243 e. The molecular weight excluding hydrogens is 427 g/mol. The molecule has 0 spiro atoms. The number of sulfonamides is 1. The first kappa shape index (κ1) is 20.6. The Morgan fingerprint density at radius 2 is 1.86 bits per heavy atom. The van der Waals surface area contributed by atoms with Crippen molar-refractivity contribution in [3.8, 4) is 11.5 Å². The third kappa shape index (κ3) is 4.45. The Morgan fingerprint density at radius 3 is 2.54 bits per heavy atom. The van der Waals surface area contributed by atoms with Crippen LogP contribution in [0.5, 0.6) is 11.5 Å². The van der Waals surface area contributed by atoms with Crippen LogP contribution in [0.15, 0.2) is 36.4 Å². The first-order valence-corrected chi connectivity index (χ1v) is 10.9. The summed E-state index contributed by atoms with van der Waals surface area (Å²) < 4.78 is 36.2. The second-order valence-corrected chi connectivity index (χ2v) is 8.91. The van der Waals surface area contributed by atoms with Crippen molar-refractivity contribution >= 4 is 44.8 Å². The number of amides is 1. The van der Waals surface area contributed by atoms with E-state index in [0.29, 0.717) is 16.5 Å². The number of nitrogens with zero attached hydrogens (tertiary/aromatic N) is 1. The van der Waals surface area contributed by atoms with Crippen molar-refractivity contribution in [2.45, 2.75) is 19.5 Å². The lowest BCUT2D eigenvalue weighted by Gasteiger charge is -2.28. The van der Waals surface area contributed by atoms with Crippen LogP contribution in [0.4, 0.5) is 5.69 Å². The van der Waals surface area contributed by atoms with Crippen molar-refractivity contribution in [1.82, 2.24) is 5.32 Å². The summed E-state index contributed by atoms with van der Waals surface area (Å²) in [5, 5.41) is 3.22. The van der Waals surface area contributed by atoms with Gasteiger partial charge < -0.3 is 14.8 Å². The summed E-state index contributed by atoms with van der Waals surface area (Å²) in [6.45, 7) is 1.87. The molecule has 2 aromatic rings. The molecule has 7 nitrogen and oxygen atoms in total. The molecule has 1 aliphatic rings. The number of hydrogen-bond donors (Lipinski definition) is 1. The van der Waals surface area contributed by atoms with Gasteiger partial charge in [-0.25, -0.2) is 8.42 Å². The monoisotopic (exact) mass is 444 g/mol. The van der Waals surface area contributed by atoms with E-state index in [0.717, 1.165) is 16.1 Å². The Kier molecular flexibility index (Phi) is 5.92. The molecule has 0 saturated carbocycles. The summed E-state index contributed by atoms with van der Waals surface area (Å²) in [7, 11) is -3.75. The maximum absolute atomic E-state index is 12.6. The van der Waals surface area contributed by atoms with Crippen molar-refractivity contribution in [3.05, 3.63) is 52.0 Å². The van der Waals surface area contributed by atoms with Gasteiger partial charge in [-0.15, -0.1) is 0 Å². The van der Waals surface area contributed by atoms with Crippen molar-refractivity contribution in [3.63, 3.8) is 0 Å². The largest absolute Gasteiger partial charge is 0.454 e. The predicted molar refractivity (Wildman–Crippen MR) is 108 cm³/mol. The van der Waals surface area contributed by atoms with Gasteiger partial charge in [0.1, 0.15) is 6.04 Å². The van der Waals surface area contributed by atoms with Gasteiger partial charge in [0.25, 0.3) is 0 Å². The van der Waals surface area contributed by atoms with Crippen LogP contribution >= 0.6 is 23.2 Å². The van der Waals surface area contributed by atoms with E-state index < -0.39 is 22.0 Å². The van der Waals surface area contributed by atoms with Crippen molar-refractivity contribution in [2.24, 2.45) is 0 Å². The molecule has 0 saturated heterocycles. The van der Waals surface area contributed by atoms with Crippen LogP contribution in [0.25, 0.3) is 0 Å². The number of anilines is 1. The van der Waals surface area contributed by atoms with Gasteiger partial charge in [-0.2, -0.15) is 0 Å². The molecule has 1 N–H and O–H groups in total. The van der Waals surface area contributed by atoms with Gasteiger partial charge >= 0.3 is 0 Å². The van der Waals surface area contributed by atoms with E-state index in [9.17, 15) is 13.2 Å². The summed E-state index contributed by atoms with van der Waals surface area (Å²) in [5.74, 6) is 0.786. The third-order valence-electron chi connectivity index (χ3n) is 4.15. The number of carbonyl (C=O) groups excluding carboxylic acids is 1. The van der Waals surface area contributed by atoms with Crippen molar-refractivity contribution in [1.29, 1.82) is 0 Å². The number of rotatable bonds is 6. The van der Waals surface area contributed by atoms with Gasteiger partial charge in [-0.3, -0.25) is 9.10 Å². The number of benzene rings is 2. The fraction of sp³-hybridized carbons (Fsp3) is 0.278. The van der Waals surface area contributed by atoms with Gasteiger partial charge in [0.15, 0.2) is 11.5 Å². The lowest BCUT2D eigenvalue weighted by atomic mass is 10.2. The van der Waals surface area contributed by atoms with Crippen LogP contribution < -0.4 is 19.1 Å². The van der Waals surface area contributed by atoms with Gasteiger partial charge in [0, 0.05) is 6.54 Å². The lowest BCUT2D eigenvalue weighted by molar-refractivity contribution is -0.122. The molecule has 0 fully saturated rings. The van der Waals surface area contributed by atoms with E-state index in [-0.39, 0.29) is 24.0 Å². The topological polar surface area (TPSA) is 84.9 Å². The molecule has 1 atom stereocenters. The van der Waals surface area contributed by atoms with Crippen molar-refractivity contribution < 1.29 is 22.7 Å². The molecule has 150 valence electrons. The van der Waals surface area contributed by atoms with E-state index in [4.69, 9.17) is 32.7 Å². The maximum atomic E-state index is 12.6. The fourth-order valence-corrected chi connectivity index (χ4v) is 4.28. The Balaban J connectivity index is 1.75. The second-order valence-electron chi connectivity index (χ2n) is 6.24. The van der Waals surface area contributed by atoms with Crippen LogP contribution in [0.1, 0.15) is 12.5 Å². The molecule has 1 aliphatic heterocycles. The zero-order chi connectivity index (χ0) is 20.5. The lowest BCUT2D eigenvalue weighted by Crippen LogP contribution is -2.47. The van der Waals surface area contributed by atoms with Gasteiger partial charge in [-0.05, 0) is 42.8 Å². The normalized spacial score (nSPS) is 13.9. The molecular formula is C18H18Cl2N2O5S. The summed E-state index contributed by atoms with van der Waals surface area (Å²) in [6, 6.07) is 8.71. The van der Waals surface area contributed by atoms with Crippen LogP contribution in [0.3, 0.4) is 0 Å². The summed E-state index contributed by atoms with van der Waals surface area (Å²) in [5.41, 5.74) is 1.05. The van der Waals surface area contributed by atoms with Gasteiger partial charge in [0.05, 0.1) is 22.0 Å². The minimum absolute atomic E-state index is 0.162. The minimum atomic E-state index is -3.75. The molecule has 28 heavy (non-hydrogen) atoms. The van der Waals surface area contributed by atoms with Crippen LogP contribution in [0.2, 0.25) is 10.0 Å². The smallest absolute Gasteiger partial charge is 0.243 e. The summed E-state index contributed by atoms with van der Waals surface area (Å²) >= 11 is 11.9. The quantitative estimate of drug-likeness (QED) is 0.739. The third-order valence-corrected chi connectivity index (χ3v) is 6.13. The Bertz CT molecular complexity index is 1010. The number of ether oxygens (including phenoxy) is 2. The highest BCUT2D eigenvalue weighted by Crippen LogP contribution is 2.32. The molecule has 0 unspecified atom stereocenters. The fourth-order valence-electron chi connectivity index (χ4n) is 2.82. The highest BCUT2D eigenvalue weighted by Gasteiger charge is 2.29. The molecule has 3 rings (SSSR count). The second kappa shape index (κ2) is 8.06. The van der Waals surface area contributed by atoms with E-state index in [1.165, 1.54) is 25.1 Å². The first-order valence-electron chi connectivity index (χ1n) is 8.27. The zero-order valence-electron chi connectivity index (χ0n) is 15.1. The Hall–Kier alpha value is -2.16. The Labute approximate surface area is 173 Å². The summed E-state index contributed by atoms with van der Waals surface area (Å²) in [4.78, 5) is 12.6.